The summed E-state index contributed by atoms with van der Waals surface area (Å²) in [5.74, 6) is -0.968. The van der Waals surface area contributed by atoms with E-state index in [1.807, 2.05) is 0 Å². The molecule has 0 fully saturated rings. The number of halogens is 3. The van der Waals surface area contributed by atoms with Crippen molar-refractivity contribution in [2.24, 2.45) is 0 Å². The highest BCUT2D eigenvalue weighted by molar-refractivity contribution is 7.93. The Bertz CT molecular complexity index is 860. The van der Waals surface area contributed by atoms with E-state index in [0.717, 1.165) is 22.5 Å². The Morgan fingerprint density at radius 2 is 1.88 bits per heavy atom. The molecule has 0 spiro atoms. The van der Waals surface area contributed by atoms with Gasteiger partial charge in [-0.15, -0.1) is 11.6 Å². The molecule has 1 aliphatic rings. The molecule has 1 aliphatic heterocycles. The molecule has 0 amide bonds. The lowest BCUT2D eigenvalue weighted by Crippen LogP contribution is -2.43. The normalized spacial score (nSPS) is 18.8. The molecule has 8 heteroatoms. The molecule has 1 unspecified atom stereocenters. The van der Waals surface area contributed by atoms with E-state index < -0.39 is 27.1 Å². The second kappa shape index (κ2) is 6.57. The van der Waals surface area contributed by atoms with Gasteiger partial charge in [0.05, 0.1) is 11.4 Å². The third-order valence-electron chi connectivity index (χ3n) is 3.63. The molecule has 4 nitrogen and oxygen atoms in total. The van der Waals surface area contributed by atoms with Crippen molar-refractivity contribution in [1.29, 1.82) is 0 Å². The van der Waals surface area contributed by atoms with Crippen molar-refractivity contribution in [2.45, 2.75) is 18.3 Å². The van der Waals surface area contributed by atoms with Gasteiger partial charge in [-0.1, -0.05) is 12.1 Å². The lowest BCUT2D eigenvalue weighted by molar-refractivity contribution is 0.256. The Balaban J connectivity index is 2.19. The Morgan fingerprint density at radius 3 is 2.58 bits per heavy atom. The Hall–Kier alpha value is -1.86. The first-order valence-electron chi connectivity index (χ1n) is 7.26. The van der Waals surface area contributed by atoms with Crippen LogP contribution < -0.4 is 9.04 Å². The fourth-order valence-electron chi connectivity index (χ4n) is 2.54. The summed E-state index contributed by atoms with van der Waals surface area (Å²) in [5.41, 5.74) is -1.32. The fraction of sp³-hybridized carbons (Fsp3) is 0.250. The van der Waals surface area contributed by atoms with Crippen molar-refractivity contribution in [3.8, 4) is 5.75 Å². The molecule has 1 atom stereocenters. The molecule has 0 N–H and O–H groups in total. The van der Waals surface area contributed by atoms with Crippen LogP contribution >= 0.6 is 11.6 Å². The Kier molecular flexibility index (Phi) is 4.64. The van der Waals surface area contributed by atoms with Crippen LogP contribution in [0.5, 0.6) is 5.75 Å². The minimum atomic E-state index is -4.05. The van der Waals surface area contributed by atoms with Crippen molar-refractivity contribution in [3.63, 3.8) is 0 Å². The third-order valence-corrected chi connectivity index (χ3v) is 5.80. The first-order valence-corrected chi connectivity index (χ1v) is 9.30. The topological polar surface area (TPSA) is 46.6 Å². The predicted octanol–water partition coefficient (Wildman–Crippen LogP) is 4.17. The lowest BCUT2D eigenvalue weighted by atomic mass is 10.2. The molecular weight excluding hydrogens is 360 g/mol. The smallest absolute Gasteiger partial charge is 0.278 e. The third kappa shape index (κ3) is 2.93. The molecule has 1 heterocycles. The highest BCUT2D eigenvalue weighted by atomic mass is 35.5. The van der Waals surface area contributed by atoms with Crippen LogP contribution in [0.4, 0.5) is 20.2 Å². The largest absolute Gasteiger partial charge is 0.470 e. The van der Waals surface area contributed by atoms with E-state index in [4.69, 9.17) is 16.3 Å². The molecule has 0 saturated heterocycles. The van der Waals surface area contributed by atoms with E-state index in [1.165, 1.54) is 24.3 Å². The maximum absolute atomic E-state index is 14.2. The van der Waals surface area contributed by atoms with Gasteiger partial charge in [-0.2, -0.15) is 0 Å². The molecule has 3 rings (SSSR count). The number of hydrogen-bond donors (Lipinski definition) is 0. The number of nitrogens with zero attached hydrogens (tertiary/aromatic N) is 1. The van der Waals surface area contributed by atoms with Gasteiger partial charge < -0.3 is 4.74 Å². The van der Waals surface area contributed by atoms with Gasteiger partial charge in [-0.3, -0.25) is 0 Å². The van der Waals surface area contributed by atoms with Crippen molar-refractivity contribution in [2.75, 3.05) is 10.2 Å². The van der Waals surface area contributed by atoms with Crippen molar-refractivity contribution < 1.29 is 21.9 Å². The van der Waals surface area contributed by atoms with Crippen LogP contribution in [-0.4, -0.2) is 19.7 Å². The zero-order chi connectivity index (χ0) is 17.3. The quantitative estimate of drug-likeness (QED) is 0.756. The van der Waals surface area contributed by atoms with Crippen LogP contribution in [0.2, 0.25) is 0 Å². The molecular formula is C16H14ClF2NO3S. The summed E-state index contributed by atoms with van der Waals surface area (Å²) in [6.07, 6.45) is 0.508. The number of rotatable bonds is 4. The van der Waals surface area contributed by atoms with Gasteiger partial charge in [-0.25, -0.2) is 21.5 Å². The number of sulfonamides is 1. The standard InChI is InChI=1S/C16H14ClF2NO3S/c17-9-3-6-16-23-15-10-11(18)7-8-14(15)20(24(16,21)22)13-5-2-1-4-12(13)19/h1-2,4-5,7-8,10,16H,3,6,9H2. The van der Waals surface area contributed by atoms with Crippen LogP contribution in [0.15, 0.2) is 42.5 Å². The molecule has 128 valence electrons. The summed E-state index contributed by atoms with van der Waals surface area (Å²) in [6, 6.07) is 8.95. The van der Waals surface area contributed by atoms with Gasteiger partial charge in [-0.05, 0) is 30.7 Å². The number of benzene rings is 2. The van der Waals surface area contributed by atoms with Gasteiger partial charge >= 0.3 is 0 Å². The second-order valence-electron chi connectivity index (χ2n) is 5.25. The number of fused-ring (bicyclic) bond motifs is 1. The van der Waals surface area contributed by atoms with Crippen molar-refractivity contribution in [3.05, 3.63) is 54.1 Å². The van der Waals surface area contributed by atoms with E-state index in [2.05, 4.69) is 0 Å². The molecule has 2 aromatic carbocycles. The number of anilines is 2. The predicted molar refractivity (Wildman–Crippen MR) is 88.2 cm³/mol. The van der Waals surface area contributed by atoms with Crippen LogP contribution in [0.1, 0.15) is 12.8 Å². The van der Waals surface area contributed by atoms with Crippen LogP contribution in [0.3, 0.4) is 0 Å². The fourth-order valence-corrected chi connectivity index (χ4v) is 4.47. The summed E-state index contributed by atoms with van der Waals surface area (Å²) in [5, 5.41) is 0. The van der Waals surface area contributed by atoms with Crippen molar-refractivity contribution in [1.82, 2.24) is 0 Å². The maximum Gasteiger partial charge on any atom is 0.278 e. The summed E-state index contributed by atoms with van der Waals surface area (Å²) in [4.78, 5) is 0. The van der Waals surface area contributed by atoms with Crippen LogP contribution in [0, 0.1) is 11.6 Å². The average Bonchev–Trinajstić information content (AvgIpc) is 2.54. The van der Waals surface area contributed by atoms with Gasteiger partial charge in [0, 0.05) is 18.4 Å². The van der Waals surface area contributed by atoms with Crippen LogP contribution in [-0.2, 0) is 10.0 Å². The SMILES string of the molecule is O=S1(=O)C(CCCCl)Oc2cc(F)ccc2N1c1ccccc1F. The minimum Gasteiger partial charge on any atom is -0.470 e. The summed E-state index contributed by atoms with van der Waals surface area (Å²) in [6.45, 7) is 0. The number of hydrogen-bond acceptors (Lipinski definition) is 3. The summed E-state index contributed by atoms with van der Waals surface area (Å²) < 4.78 is 59.9. The monoisotopic (exact) mass is 373 g/mol. The van der Waals surface area contributed by atoms with Gasteiger partial charge in [0.1, 0.15) is 17.4 Å². The van der Waals surface area contributed by atoms with Gasteiger partial charge in [0.25, 0.3) is 10.0 Å². The van der Waals surface area contributed by atoms with Crippen LogP contribution in [0.25, 0.3) is 0 Å². The molecule has 0 bridgehead atoms. The lowest BCUT2D eigenvalue weighted by Gasteiger charge is -2.35. The van der Waals surface area contributed by atoms with E-state index >= 15 is 0 Å². The average molecular weight is 374 g/mol. The summed E-state index contributed by atoms with van der Waals surface area (Å²) in [7, 11) is -4.05. The molecule has 0 saturated carbocycles. The molecule has 24 heavy (non-hydrogen) atoms. The van der Waals surface area contributed by atoms with E-state index in [9.17, 15) is 17.2 Å². The van der Waals surface area contributed by atoms with E-state index in [1.54, 1.807) is 0 Å². The highest BCUT2D eigenvalue weighted by Gasteiger charge is 2.41. The molecule has 0 aliphatic carbocycles. The highest BCUT2D eigenvalue weighted by Crippen LogP contribution is 2.44. The number of para-hydroxylation sites is 1. The molecule has 0 radical (unpaired) electrons. The van der Waals surface area contributed by atoms with Crippen molar-refractivity contribution >= 4 is 33.0 Å². The zero-order valence-corrected chi connectivity index (χ0v) is 14.0. The summed E-state index contributed by atoms with van der Waals surface area (Å²) >= 11 is 5.63. The number of alkyl halides is 1. The van der Waals surface area contributed by atoms with E-state index in [-0.39, 0.29) is 29.4 Å². The minimum absolute atomic E-state index is 0.0488. The van der Waals surface area contributed by atoms with E-state index in [0.29, 0.717) is 6.42 Å². The Labute approximate surface area is 143 Å². The molecule has 0 aromatic heterocycles. The Morgan fingerprint density at radius 1 is 1.12 bits per heavy atom. The maximum atomic E-state index is 14.2. The first-order chi connectivity index (χ1) is 11.4. The molecule has 2 aromatic rings. The number of ether oxygens (including phenoxy) is 1. The first kappa shape index (κ1) is 17.0. The zero-order valence-electron chi connectivity index (χ0n) is 12.5. The van der Waals surface area contributed by atoms with Gasteiger partial charge in [0.2, 0.25) is 5.44 Å². The van der Waals surface area contributed by atoms with Gasteiger partial charge in [0.15, 0.2) is 0 Å². The second-order valence-corrected chi connectivity index (χ2v) is 7.55.